The third-order valence-corrected chi connectivity index (χ3v) is 3.77. The summed E-state index contributed by atoms with van der Waals surface area (Å²) in [6, 6.07) is 14.0. The molecule has 0 aliphatic carbocycles. The summed E-state index contributed by atoms with van der Waals surface area (Å²) >= 11 is 5.91. The molecule has 0 fully saturated rings. The molecule has 1 amide bonds. The van der Waals surface area contributed by atoms with E-state index >= 15 is 0 Å². The van der Waals surface area contributed by atoms with Crippen molar-refractivity contribution in [3.05, 3.63) is 70.5 Å². The van der Waals surface area contributed by atoms with Crippen LogP contribution in [0.4, 0.5) is 4.39 Å². The van der Waals surface area contributed by atoms with E-state index in [1.165, 1.54) is 18.2 Å². The van der Waals surface area contributed by atoms with Crippen LogP contribution in [-0.4, -0.2) is 31.4 Å². The van der Waals surface area contributed by atoms with Gasteiger partial charge in [-0.15, -0.1) is 0 Å². The molecule has 0 aliphatic heterocycles. The largest absolute Gasteiger partial charge is 0.350 e. The van der Waals surface area contributed by atoms with Crippen molar-refractivity contribution in [2.45, 2.75) is 6.04 Å². The van der Waals surface area contributed by atoms with Gasteiger partial charge in [0.25, 0.3) is 5.91 Å². The van der Waals surface area contributed by atoms with E-state index in [0.29, 0.717) is 6.54 Å². The predicted molar refractivity (Wildman–Crippen MR) is 86.6 cm³/mol. The van der Waals surface area contributed by atoms with Crippen molar-refractivity contribution in [2.75, 3.05) is 20.6 Å². The standard InChI is InChI=1S/C17H18ClFN2O/c1-21(2)15(12-7-4-3-5-8-12)11-20-17(22)16-13(18)9-6-10-14(16)19/h3-10,15H,11H2,1-2H3,(H,20,22). The Kier molecular flexibility index (Phi) is 5.52. The van der Waals surface area contributed by atoms with E-state index in [1.54, 1.807) is 0 Å². The first kappa shape index (κ1) is 16.5. The maximum atomic E-state index is 13.8. The smallest absolute Gasteiger partial charge is 0.255 e. The van der Waals surface area contributed by atoms with Gasteiger partial charge in [-0.3, -0.25) is 4.79 Å². The van der Waals surface area contributed by atoms with E-state index in [2.05, 4.69) is 5.32 Å². The predicted octanol–water partition coefficient (Wildman–Crippen LogP) is 3.51. The summed E-state index contributed by atoms with van der Waals surface area (Å²) in [5.74, 6) is -1.13. The van der Waals surface area contributed by atoms with E-state index in [1.807, 2.05) is 49.3 Å². The SMILES string of the molecule is CN(C)C(CNC(=O)c1c(F)cccc1Cl)c1ccccc1. The molecule has 0 spiro atoms. The third kappa shape index (κ3) is 3.84. The van der Waals surface area contributed by atoms with E-state index in [4.69, 9.17) is 11.6 Å². The number of carbonyl (C=O) groups is 1. The van der Waals surface area contributed by atoms with Gasteiger partial charge in [0.15, 0.2) is 0 Å². The van der Waals surface area contributed by atoms with E-state index in [9.17, 15) is 9.18 Å². The van der Waals surface area contributed by atoms with Gasteiger partial charge < -0.3 is 10.2 Å². The normalized spacial score (nSPS) is 12.2. The molecule has 1 N–H and O–H groups in total. The molecule has 3 nitrogen and oxygen atoms in total. The highest BCUT2D eigenvalue weighted by atomic mass is 35.5. The van der Waals surface area contributed by atoms with Crippen LogP contribution >= 0.6 is 11.6 Å². The van der Waals surface area contributed by atoms with Crippen molar-refractivity contribution in [1.82, 2.24) is 10.2 Å². The average Bonchev–Trinajstić information content (AvgIpc) is 2.48. The van der Waals surface area contributed by atoms with E-state index in [-0.39, 0.29) is 16.6 Å². The van der Waals surface area contributed by atoms with Crippen LogP contribution in [0.2, 0.25) is 5.02 Å². The summed E-state index contributed by atoms with van der Waals surface area (Å²) < 4.78 is 13.8. The van der Waals surface area contributed by atoms with Crippen LogP contribution in [-0.2, 0) is 0 Å². The minimum Gasteiger partial charge on any atom is -0.350 e. The van der Waals surface area contributed by atoms with E-state index < -0.39 is 11.7 Å². The Labute approximate surface area is 134 Å². The van der Waals surface area contributed by atoms with Crippen LogP contribution in [0.5, 0.6) is 0 Å². The number of carbonyl (C=O) groups excluding carboxylic acids is 1. The van der Waals surface area contributed by atoms with Gasteiger partial charge in [-0.05, 0) is 31.8 Å². The Balaban J connectivity index is 2.12. The van der Waals surface area contributed by atoms with Crippen molar-refractivity contribution in [3.8, 4) is 0 Å². The summed E-state index contributed by atoms with van der Waals surface area (Å²) in [4.78, 5) is 14.2. The van der Waals surface area contributed by atoms with Crippen LogP contribution in [0.15, 0.2) is 48.5 Å². The second-order valence-electron chi connectivity index (χ2n) is 5.20. The van der Waals surface area contributed by atoms with Gasteiger partial charge >= 0.3 is 0 Å². The number of halogens is 2. The molecule has 0 aromatic heterocycles. The van der Waals surface area contributed by atoms with Gasteiger partial charge in [0.1, 0.15) is 5.82 Å². The number of nitrogens with one attached hydrogen (secondary N) is 1. The fourth-order valence-electron chi connectivity index (χ4n) is 2.27. The Morgan fingerprint density at radius 3 is 2.45 bits per heavy atom. The number of amides is 1. The Morgan fingerprint density at radius 2 is 1.86 bits per heavy atom. The zero-order chi connectivity index (χ0) is 16.1. The number of rotatable bonds is 5. The molecule has 116 valence electrons. The molecule has 0 radical (unpaired) electrons. The number of nitrogens with zero attached hydrogens (tertiary/aromatic N) is 1. The molecule has 2 rings (SSSR count). The fraction of sp³-hybridized carbons (Fsp3) is 0.235. The molecular formula is C17H18ClFN2O. The van der Waals surface area contributed by atoms with E-state index in [0.717, 1.165) is 5.56 Å². The summed E-state index contributed by atoms with van der Waals surface area (Å²) in [6.45, 7) is 0.362. The quantitative estimate of drug-likeness (QED) is 0.914. The van der Waals surface area contributed by atoms with Crippen LogP contribution in [0.3, 0.4) is 0 Å². The van der Waals surface area contributed by atoms with Crippen molar-refractivity contribution in [3.63, 3.8) is 0 Å². The molecule has 1 atom stereocenters. The van der Waals surface area contributed by atoms with Gasteiger partial charge in [-0.25, -0.2) is 4.39 Å². The molecule has 0 saturated carbocycles. The molecule has 0 saturated heterocycles. The molecule has 22 heavy (non-hydrogen) atoms. The zero-order valence-electron chi connectivity index (χ0n) is 12.5. The summed E-state index contributed by atoms with van der Waals surface area (Å²) in [5, 5.41) is 2.87. The Morgan fingerprint density at radius 1 is 1.18 bits per heavy atom. The zero-order valence-corrected chi connectivity index (χ0v) is 13.3. The maximum absolute atomic E-state index is 13.8. The molecule has 0 bridgehead atoms. The number of benzene rings is 2. The van der Waals surface area contributed by atoms with Gasteiger partial charge in [-0.1, -0.05) is 48.0 Å². The molecule has 5 heteroatoms. The lowest BCUT2D eigenvalue weighted by molar-refractivity contribution is 0.0938. The first-order chi connectivity index (χ1) is 10.5. The number of hydrogen-bond donors (Lipinski definition) is 1. The maximum Gasteiger partial charge on any atom is 0.255 e. The lowest BCUT2D eigenvalue weighted by Crippen LogP contribution is -2.35. The number of hydrogen-bond acceptors (Lipinski definition) is 2. The highest BCUT2D eigenvalue weighted by molar-refractivity contribution is 6.33. The molecule has 0 aliphatic rings. The minimum atomic E-state index is -0.619. The molecule has 2 aromatic carbocycles. The van der Waals surface area contributed by atoms with Crippen molar-refractivity contribution in [1.29, 1.82) is 0 Å². The first-order valence-corrected chi connectivity index (χ1v) is 7.32. The third-order valence-electron chi connectivity index (χ3n) is 3.45. The van der Waals surface area contributed by atoms with Crippen molar-refractivity contribution >= 4 is 17.5 Å². The minimum absolute atomic E-state index is 0.00398. The molecule has 0 heterocycles. The fourth-order valence-corrected chi connectivity index (χ4v) is 2.52. The van der Waals surface area contributed by atoms with Gasteiger partial charge in [0.2, 0.25) is 0 Å². The van der Waals surface area contributed by atoms with Crippen LogP contribution in [0.1, 0.15) is 22.0 Å². The summed E-state index contributed by atoms with van der Waals surface area (Å²) in [7, 11) is 3.86. The Hall–Kier alpha value is -1.91. The second-order valence-corrected chi connectivity index (χ2v) is 5.60. The van der Waals surface area contributed by atoms with Gasteiger partial charge in [-0.2, -0.15) is 0 Å². The van der Waals surface area contributed by atoms with Gasteiger partial charge in [0, 0.05) is 6.54 Å². The topological polar surface area (TPSA) is 32.3 Å². The van der Waals surface area contributed by atoms with Crippen molar-refractivity contribution in [2.24, 2.45) is 0 Å². The van der Waals surface area contributed by atoms with Crippen LogP contribution in [0, 0.1) is 5.82 Å². The molecule has 2 aromatic rings. The lowest BCUT2D eigenvalue weighted by Gasteiger charge is -2.25. The monoisotopic (exact) mass is 320 g/mol. The lowest BCUT2D eigenvalue weighted by atomic mass is 10.1. The second kappa shape index (κ2) is 7.38. The average molecular weight is 321 g/mol. The highest BCUT2D eigenvalue weighted by Crippen LogP contribution is 2.20. The molecule has 1 unspecified atom stereocenters. The number of likely N-dealkylation sites (N-methyl/N-ethyl adjacent to an activating group) is 1. The van der Waals surface area contributed by atoms with Crippen molar-refractivity contribution < 1.29 is 9.18 Å². The summed E-state index contributed by atoms with van der Waals surface area (Å²) in [6.07, 6.45) is 0. The van der Waals surface area contributed by atoms with Crippen LogP contribution < -0.4 is 5.32 Å². The van der Waals surface area contributed by atoms with Crippen LogP contribution in [0.25, 0.3) is 0 Å². The highest BCUT2D eigenvalue weighted by Gasteiger charge is 2.19. The Bertz CT molecular complexity index is 626. The van der Waals surface area contributed by atoms with Gasteiger partial charge in [0.05, 0.1) is 16.6 Å². The first-order valence-electron chi connectivity index (χ1n) is 6.94. The summed E-state index contributed by atoms with van der Waals surface area (Å²) in [5.41, 5.74) is 0.960. The molecular weight excluding hydrogens is 303 g/mol.